The maximum atomic E-state index is 6.91. The van der Waals surface area contributed by atoms with E-state index in [2.05, 4.69) is 141 Å². The zero-order valence-electron chi connectivity index (χ0n) is 48.1. The van der Waals surface area contributed by atoms with Gasteiger partial charge in [-0.2, -0.15) is 0 Å². The molecule has 8 aromatic carbocycles. The molecular weight excluding hydrogens is 1050 g/mol. The normalized spacial score (nSPS) is 12.5. The van der Waals surface area contributed by atoms with Crippen molar-refractivity contribution in [3.8, 4) is 85.6 Å². The molecule has 5 aromatic heterocycles. The van der Waals surface area contributed by atoms with E-state index in [0.717, 1.165) is 89.3 Å². The summed E-state index contributed by atoms with van der Waals surface area (Å²) >= 11 is 0. The van der Waals surface area contributed by atoms with Gasteiger partial charge in [0.25, 0.3) is 0 Å². The van der Waals surface area contributed by atoms with Crippen LogP contribution >= 0.6 is 0 Å². The van der Waals surface area contributed by atoms with Gasteiger partial charge in [0, 0.05) is 74.4 Å². The Bertz CT molecular complexity index is 4370. The molecule has 0 aliphatic carbocycles. The van der Waals surface area contributed by atoms with Crippen LogP contribution in [-0.2, 0) is 10.8 Å². The van der Waals surface area contributed by atoms with E-state index in [1.165, 1.54) is 5.56 Å². The summed E-state index contributed by atoms with van der Waals surface area (Å²) in [5.41, 5.74) is 12.4. The van der Waals surface area contributed by atoms with E-state index in [0.29, 0.717) is 53.1 Å². The molecule has 12 nitrogen and oxygen atoms in total. The Kier molecular flexibility index (Phi) is 13.1. The van der Waals surface area contributed by atoms with Gasteiger partial charge in [-0.15, -0.1) is 0 Å². The van der Waals surface area contributed by atoms with Crippen molar-refractivity contribution in [3.05, 3.63) is 248 Å². The van der Waals surface area contributed by atoms with E-state index in [1.54, 1.807) is 0 Å². The predicted octanol–water partition coefficient (Wildman–Crippen LogP) is 17.6. The highest BCUT2D eigenvalue weighted by molar-refractivity contribution is 6.09. The maximum Gasteiger partial charge on any atom is 0.166 e. The first kappa shape index (κ1) is 52.4. The summed E-state index contributed by atoms with van der Waals surface area (Å²) in [6.45, 7) is 13.7. The maximum absolute atomic E-state index is 6.91. The highest BCUT2D eigenvalue weighted by atomic mass is 16.5. The lowest BCUT2D eigenvalue weighted by atomic mass is 9.83. The SMILES string of the molecule is CC(C)(C)c1ccnc(-n2c3ccccc3c3ccc(Oc4cccc(N5CN(c6c(-c7nc(-c8ccccc8)nc(-c8ccccc8)n7)cc(C(C)(C)C)cc6-c6nc(-c7ccccc7)nc(-c7ccccc7)n6)c6cnccc65)c4)cc32)c1. The third kappa shape index (κ3) is 10.1. The summed E-state index contributed by atoms with van der Waals surface area (Å²) in [5, 5.41) is 2.26. The minimum absolute atomic E-state index is 0.0545. The molecule has 0 N–H and O–H groups in total. The van der Waals surface area contributed by atoms with Crippen LogP contribution in [0.3, 0.4) is 0 Å². The quantitative estimate of drug-likeness (QED) is 0.123. The Balaban J connectivity index is 0.945. The van der Waals surface area contributed by atoms with Crippen LogP contribution in [0.5, 0.6) is 11.5 Å². The molecule has 1 aliphatic heterocycles. The minimum atomic E-state index is -0.358. The van der Waals surface area contributed by atoms with Crippen LogP contribution < -0.4 is 14.5 Å². The average molecular weight is 1110 g/mol. The number of pyridine rings is 2. The van der Waals surface area contributed by atoms with Crippen molar-refractivity contribution in [2.24, 2.45) is 0 Å². The van der Waals surface area contributed by atoms with Crippen LogP contribution in [0.4, 0.5) is 22.7 Å². The van der Waals surface area contributed by atoms with Crippen molar-refractivity contribution in [2.75, 3.05) is 16.5 Å². The number of rotatable bonds is 11. The van der Waals surface area contributed by atoms with Gasteiger partial charge in [-0.05, 0) is 82.6 Å². The van der Waals surface area contributed by atoms with Gasteiger partial charge in [0.05, 0.1) is 34.3 Å². The lowest BCUT2D eigenvalue weighted by Gasteiger charge is -2.29. The fourth-order valence-electron chi connectivity index (χ4n) is 11.2. The molecule has 1 aliphatic rings. The smallest absolute Gasteiger partial charge is 0.166 e. The predicted molar refractivity (Wildman–Crippen MR) is 342 cm³/mol. The van der Waals surface area contributed by atoms with Crippen molar-refractivity contribution in [2.45, 2.75) is 52.4 Å². The van der Waals surface area contributed by atoms with E-state index in [9.17, 15) is 0 Å². The van der Waals surface area contributed by atoms with Crippen LogP contribution in [0, 0.1) is 0 Å². The standard InChI is InChI=1S/C73H59N11O/c1-72(2,3)51-36-39-75-64(42-51)84-60-33-20-19-32-56(60)57-35-34-55(44-62(57)84)85-54-31-21-30-53(43-54)82-46-83(63-45-74-38-37-61(63)82)65-58(70-78-66(47-22-11-7-12-23-47)76-67(79-70)48-24-13-8-14-25-48)40-52(73(4,5)6)41-59(65)71-80-68(49-26-15-9-16-27-49)77-69(81-71)50-28-17-10-18-29-50/h7-45H,46H2,1-6H3. The van der Waals surface area contributed by atoms with Gasteiger partial charge in [-0.1, -0.05) is 187 Å². The molecule has 0 radical (unpaired) electrons. The number of hydrogen-bond acceptors (Lipinski definition) is 11. The highest BCUT2D eigenvalue weighted by Gasteiger charge is 2.35. The van der Waals surface area contributed by atoms with Gasteiger partial charge >= 0.3 is 0 Å². The summed E-state index contributed by atoms with van der Waals surface area (Å²) in [6.07, 6.45) is 5.68. The second-order valence-electron chi connectivity index (χ2n) is 23.4. The first-order valence-corrected chi connectivity index (χ1v) is 28.6. The second kappa shape index (κ2) is 21.2. The summed E-state index contributed by atoms with van der Waals surface area (Å²) in [4.78, 5) is 46.3. The van der Waals surface area contributed by atoms with Gasteiger partial charge in [0.2, 0.25) is 0 Å². The number of para-hydroxylation sites is 1. The molecule has 0 spiro atoms. The largest absolute Gasteiger partial charge is 0.457 e. The number of nitrogens with zero attached hydrogens (tertiary/aromatic N) is 11. The summed E-state index contributed by atoms with van der Waals surface area (Å²) < 4.78 is 9.15. The van der Waals surface area contributed by atoms with Crippen molar-refractivity contribution >= 4 is 44.6 Å². The second-order valence-corrected chi connectivity index (χ2v) is 23.4. The number of benzene rings is 8. The highest BCUT2D eigenvalue weighted by Crippen LogP contribution is 2.51. The third-order valence-electron chi connectivity index (χ3n) is 15.6. The molecule has 0 saturated carbocycles. The molecule has 0 unspecified atom stereocenters. The molecule has 12 heteroatoms. The number of anilines is 4. The minimum Gasteiger partial charge on any atom is -0.457 e. The van der Waals surface area contributed by atoms with Gasteiger partial charge < -0.3 is 14.5 Å². The van der Waals surface area contributed by atoms with E-state index in [1.807, 2.05) is 152 Å². The first-order valence-electron chi connectivity index (χ1n) is 28.6. The molecule has 0 amide bonds. The average Bonchev–Trinajstić information content (AvgIpc) is 2.24. The fourth-order valence-corrected chi connectivity index (χ4v) is 11.2. The summed E-state index contributed by atoms with van der Waals surface area (Å²) in [7, 11) is 0. The molecule has 412 valence electrons. The molecule has 0 fully saturated rings. The molecule has 0 bridgehead atoms. The van der Waals surface area contributed by atoms with E-state index in [-0.39, 0.29) is 10.8 Å². The lowest BCUT2D eigenvalue weighted by molar-refractivity contribution is 0.483. The van der Waals surface area contributed by atoms with Crippen molar-refractivity contribution in [1.29, 1.82) is 0 Å². The zero-order valence-corrected chi connectivity index (χ0v) is 48.1. The molecule has 13 aromatic rings. The Morgan fingerprint density at radius 2 is 0.894 bits per heavy atom. The molecule has 0 atom stereocenters. The molecule has 0 saturated heterocycles. The van der Waals surface area contributed by atoms with E-state index in [4.69, 9.17) is 44.6 Å². The summed E-state index contributed by atoms with van der Waals surface area (Å²) in [5.74, 6) is 5.40. The Morgan fingerprint density at radius 3 is 1.45 bits per heavy atom. The summed E-state index contributed by atoms with van der Waals surface area (Å²) in [6, 6.07) is 74.3. The van der Waals surface area contributed by atoms with Crippen LogP contribution in [0.15, 0.2) is 237 Å². The van der Waals surface area contributed by atoms with Crippen LogP contribution in [0.1, 0.15) is 52.7 Å². The van der Waals surface area contributed by atoms with Crippen LogP contribution in [0.25, 0.3) is 96.0 Å². The monoisotopic (exact) mass is 1110 g/mol. The molecule has 85 heavy (non-hydrogen) atoms. The zero-order chi connectivity index (χ0) is 57.8. The number of aromatic nitrogens is 9. The van der Waals surface area contributed by atoms with Gasteiger partial charge in [-0.25, -0.2) is 34.9 Å². The number of fused-ring (bicyclic) bond motifs is 4. The van der Waals surface area contributed by atoms with E-state index >= 15 is 0 Å². The molecule has 14 rings (SSSR count). The van der Waals surface area contributed by atoms with Crippen molar-refractivity contribution < 1.29 is 4.74 Å². The topological polar surface area (TPSA) is 124 Å². The lowest BCUT2D eigenvalue weighted by Crippen LogP contribution is -2.26. The Morgan fingerprint density at radius 1 is 0.388 bits per heavy atom. The Hall–Kier alpha value is -10.7. The fraction of sp³-hybridized carbons (Fsp3) is 0.123. The van der Waals surface area contributed by atoms with Gasteiger partial charge in [0.15, 0.2) is 34.9 Å². The van der Waals surface area contributed by atoms with Crippen LogP contribution in [-0.4, -0.2) is 51.1 Å². The first-order chi connectivity index (χ1) is 41.4. The Labute approximate surface area is 493 Å². The van der Waals surface area contributed by atoms with Crippen LogP contribution in [0.2, 0.25) is 0 Å². The third-order valence-corrected chi connectivity index (χ3v) is 15.6. The van der Waals surface area contributed by atoms with Crippen molar-refractivity contribution in [3.63, 3.8) is 0 Å². The number of ether oxygens (including phenoxy) is 1. The van der Waals surface area contributed by atoms with Crippen molar-refractivity contribution in [1.82, 2.24) is 44.4 Å². The molecule has 6 heterocycles. The van der Waals surface area contributed by atoms with E-state index < -0.39 is 0 Å². The van der Waals surface area contributed by atoms with Gasteiger partial charge in [0.1, 0.15) is 24.0 Å². The molecular formula is C73H59N11O. The number of hydrogen-bond donors (Lipinski definition) is 0. The van der Waals surface area contributed by atoms with Gasteiger partial charge in [-0.3, -0.25) is 9.55 Å².